The van der Waals surface area contributed by atoms with Crippen LogP contribution in [0.3, 0.4) is 0 Å². The standard InChI is InChI=1S/C10H21/c1-8(2)7-10(5,6)9(3)4/h8-9H,3,7H2,1-2,4-6H3. The monoisotopic (exact) mass is 141 g/mol. The zero-order valence-electron chi connectivity index (χ0n) is 8.07. The molecule has 0 aromatic carbocycles. The van der Waals surface area contributed by atoms with Crippen LogP contribution in [0.1, 0.15) is 41.0 Å². The molecule has 61 valence electrons. The van der Waals surface area contributed by atoms with Crippen LogP contribution in [0.5, 0.6) is 0 Å². The third kappa shape index (κ3) is 3.24. The fraction of sp³-hybridized carbons (Fsp3) is 0.900. The quantitative estimate of drug-likeness (QED) is 0.564. The molecule has 0 N–H and O–H groups in total. The van der Waals surface area contributed by atoms with Crippen LogP contribution in [0, 0.1) is 24.2 Å². The van der Waals surface area contributed by atoms with E-state index in [0.717, 1.165) is 5.92 Å². The van der Waals surface area contributed by atoms with E-state index >= 15 is 0 Å². The van der Waals surface area contributed by atoms with Gasteiger partial charge in [0.25, 0.3) is 0 Å². The summed E-state index contributed by atoms with van der Waals surface area (Å²) in [6.45, 7) is 15.4. The number of hydrogen-bond donors (Lipinski definition) is 0. The first-order chi connectivity index (χ1) is 4.36. The molecule has 0 aromatic heterocycles. The zero-order valence-corrected chi connectivity index (χ0v) is 8.07. The summed E-state index contributed by atoms with van der Waals surface area (Å²) in [7, 11) is 0. The van der Waals surface area contributed by atoms with Crippen LogP contribution >= 0.6 is 0 Å². The van der Waals surface area contributed by atoms with Crippen LogP contribution in [0.2, 0.25) is 0 Å². The van der Waals surface area contributed by atoms with Gasteiger partial charge in [-0.05, 0) is 30.6 Å². The smallest absolute Gasteiger partial charge is 0.0326 e. The van der Waals surface area contributed by atoms with Crippen molar-refractivity contribution in [3.63, 3.8) is 0 Å². The van der Waals surface area contributed by atoms with E-state index in [-0.39, 0.29) is 0 Å². The van der Waals surface area contributed by atoms with Gasteiger partial charge < -0.3 is 0 Å². The molecule has 0 aliphatic rings. The van der Waals surface area contributed by atoms with E-state index in [2.05, 4.69) is 41.5 Å². The molecule has 0 heterocycles. The molecule has 0 fully saturated rings. The summed E-state index contributed by atoms with van der Waals surface area (Å²) in [5, 5.41) is 0. The van der Waals surface area contributed by atoms with Crippen LogP contribution in [-0.4, -0.2) is 0 Å². The minimum Gasteiger partial charge on any atom is -0.0628 e. The highest BCUT2D eigenvalue weighted by Gasteiger charge is 2.22. The molecular formula is C10H21. The summed E-state index contributed by atoms with van der Waals surface area (Å²) in [6, 6.07) is 0. The Hall–Kier alpha value is 0. The van der Waals surface area contributed by atoms with Crippen molar-refractivity contribution in [2.75, 3.05) is 0 Å². The fourth-order valence-corrected chi connectivity index (χ4v) is 1.25. The van der Waals surface area contributed by atoms with Crippen LogP contribution in [0.4, 0.5) is 0 Å². The predicted octanol–water partition coefficient (Wildman–Crippen LogP) is 3.53. The Balaban J connectivity index is 3.87. The lowest BCUT2D eigenvalue weighted by Gasteiger charge is -2.30. The molecule has 0 rings (SSSR count). The van der Waals surface area contributed by atoms with Gasteiger partial charge in [0.2, 0.25) is 0 Å². The van der Waals surface area contributed by atoms with Crippen molar-refractivity contribution in [1.82, 2.24) is 0 Å². The largest absolute Gasteiger partial charge is 0.0628 e. The Bertz CT molecular complexity index is 88.2. The molecule has 0 nitrogen and oxygen atoms in total. The Morgan fingerprint density at radius 2 is 1.60 bits per heavy atom. The highest BCUT2D eigenvalue weighted by Crippen LogP contribution is 2.32. The molecule has 0 amide bonds. The second-order valence-electron chi connectivity index (χ2n) is 4.49. The average Bonchev–Trinajstić information content (AvgIpc) is 1.60. The Morgan fingerprint density at radius 1 is 1.20 bits per heavy atom. The van der Waals surface area contributed by atoms with Gasteiger partial charge in [0.15, 0.2) is 0 Å². The van der Waals surface area contributed by atoms with Crippen LogP contribution in [0.25, 0.3) is 0 Å². The maximum Gasteiger partial charge on any atom is -0.0326 e. The van der Waals surface area contributed by atoms with E-state index in [1.807, 2.05) is 0 Å². The zero-order chi connectivity index (χ0) is 8.36. The van der Waals surface area contributed by atoms with Crippen molar-refractivity contribution < 1.29 is 0 Å². The first-order valence-electron chi connectivity index (χ1n) is 4.19. The summed E-state index contributed by atoms with van der Waals surface area (Å²) in [5.74, 6) is 1.34. The Morgan fingerprint density at radius 3 is 1.70 bits per heavy atom. The Labute approximate surface area is 66.0 Å². The average molecular weight is 141 g/mol. The van der Waals surface area contributed by atoms with Crippen LogP contribution in [0.15, 0.2) is 0 Å². The van der Waals surface area contributed by atoms with Crippen LogP contribution in [-0.2, 0) is 0 Å². The third-order valence-corrected chi connectivity index (χ3v) is 2.27. The molecule has 0 saturated carbocycles. The molecule has 0 heteroatoms. The predicted molar refractivity (Wildman–Crippen MR) is 47.8 cm³/mol. The SMILES string of the molecule is [CH2]C(C)C(C)(C)CC(C)C. The molecule has 1 radical (unpaired) electrons. The molecule has 0 bridgehead atoms. The van der Waals surface area contributed by atoms with Gasteiger partial charge in [-0.3, -0.25) is 0 Å². The first kappa shape index (κ1) is 10.0. The summed E-state index contributed by atoms with van der Waals surface area (Å²) >= 11 is 0. The van der Waals surface area contributed by atoms with E-state index in [4.69, 9.17) is 0 Å². The highest BCUT2D eigenvalue weighted by atomic mass is 14.3. The van der Waals surface area contributed by atoms with Crippen molar-refractivity contribution in [3.8, 4) is 0 Å². The highest BCUT2D eigenvalue weighted by molar-refractivity contribution is 4.77. The van der Waals surface area contributed by atoms with Crippen LogP contribution < -0.4 is 0 Å². The summed E-state index contributed by atoms with van der Waals surface area (Å²) < 4.78 is 0. The minimum atomic E-state index is 0.411. The van der Waals surface area contributed by atoms with Crippen molar-refractivity contribution in [2.45, 2.75) is 41.0 Å². The molecule has 0 aliphatic carbocycles. The third-order valence-electron chi connectivity index (χ3n) is 2.27. The van der Waals surface area contributed by atoms with Gasteiger partial charge in [0.1, 0.15) is 0 Å². The molecule has 0 saturated heterocycles. The van der Waals surface area contributed by atoms with Crippen molar-refractivity contribution in [1.29, 1.82) is 0 Å². The maximum absolute atomic E-state index is 4.06. The molecule has 10 heavy (non-hydrogen) atoms. The van der Waals surface area contributed by atoms with E-state index < -0.39 is 0 Å². The first-order valence-corrected chi connectivity index (χ1v) is 4.19. The van der Waals surface area contributed by atoms with Crippen molar-refractivity contribution >= 4 is 0 Å². The lowest BCUT2D eigenvalue weighted by molar-refractivity contribution is 0.219. The Kier molecular flexibility index (Phi) is 3.41. The topological polar surface area (TPSA) is 0 Å². The normalized spacial score (nSPS) is 13.2. The summed E-state index contributed by atoms with van der Waals surface area (Å²) in [4.78, 5) is 0. The van der Waals surface area contributed by atoms with Crippen molar-refractivity contribution in [2.24, 2.45) is 17.3 Å². The number of rotatable bonds is 3. The number of hydrogen-bond acceptors (Lipinski definition) is 0. The second-order valence-corrected chi connectivity index (χ2v) is 4.49. The summed E-state index contributed by atoms with van der Waals surface area (Å²) in [5.41, 5.74) is 0.411. The maximum atomic E-state index is 4.06. The fourth-order valence-electron chi connectivity index (χ4n) is 1.25. The van der Waals surface area contributed by atoms with E-state index in [1.165, 1.54) is 6.42 Å². The van der Waals surface area contributed by atoms with E-state index in [0.29, 0.717) is 11.3 Å². The van der Waals surface area contributed by atoms with E-state index in [1.54, 1.807) is 0 Å². The molecule has 0 aromatic rings. The van der Waals surface area contributed by atoms with Gasteiger partial charge in [-0.15, -0.1) is 0 Å². The lowest BCUT2D eigenvalue weighted by atomic mass is 9.75. The molecule has 0 spiro atoms. The van der Waals surface area contributed by atoms with Gasteiger partial charge in [-0.1, -0.05) is 34.6 Å². The van der Waals surface area contributed by atoms with Gasteiger partial charge >= 0.3 is 0 Å². The molecular weight excluding hydrogens is 120 g/mol. The van der Waals surface area contributed by atoms with Gasteiger partial charge in [0, 0.05) is 0 Å². The molecule has 1 unspecified atom stereocenters. The van der Waals surface area contributed by atoms with Gasteiger partial charge in [-0.2, -0.15) is 0 Å². The second kappa shape index (κ2) is 3.41. The lowest BCUT2D eigenvalue weighted by Crippen LogP contribution is -2.21. The van der Waals surface area contributed by atoms with Gasteiger partial charge in [0.05, 0.1) is 0 Å². The molecule has 1 atom stereocenters. The van der Waals surface area contributed by atoms with Crippen molar-refractivity contribution in [3.05, 3.63) is 6.92 Å². The van der Waals surface area contributed by atoms with E-state index in [9.17, 15) is 0 Å². The minimum absolute atomic E-state index is 0.411. The van der Waals surface area contributed by atoms with Gasteiger partial charge in [-0.25, -0.2) is 0 Å². The molecule has 0 aliphatic heterocycles. The summed E-state index contributed by atoms with van der Waals surface area (Å²) in [6.07, 6.45) is 1.28.